The number of carbonyl (C=O) groups excluding carboxylic acids is 2. The Bertz CT molecular complexity index is 1120. The summed E-state index contributed by atoms with van der Waals surface area (Å²) in [6, 6.07) is 10.7. The van der Waals surface area contributed by atoms with E-state index in [1.165, 1.54) is 0 Å². The van der Waals surface area contributed by atoms with Crippen LogP contribution in [0, 0.1) is 0 Å². The molecular weight excluding hydrogens is 408 g/mol. The lowest BCUT2D eigenvalue weighted by atomic mass is 10.2. The van der Waals surface area contributed by atoms with E-state index in [1.54, 1.807) is 44.8 Å². The molecule has 0 bridgehead atoms. The number of halogens is 1. The lowest BCUT2D eigenvalue weighted by Crippen LogP contribution is -2.55. The molecule has 9 heteroatoms. The number of aromatic nitrogens is 2. The van der Waals surface area contributed by atoms with Gasteiger partial charge in [-0.3, -0.25) is 9.59 Å². The number of amides is 2. The van der Waals surface area contributed by atoms with E-state index < -0.39 is 6.10 Å². The van der Waals surface area contributed by atoms with Crippen molar-refractivity contribution in [3.05, 3.63) is 59.5 Å². The minimum Gasteiger partial charge on any atom is -0.485 e. The first-order chi connectivity index (χ1) is 14.6. The number of para-hydroxylation sites is 2. The fraction of sp³-hybridized carbons (Fsp3) is 0.286. The SMILES string of the molecule is O=C(c1cn2ccc(Cl)cc2n1)N1CCN(C(=O)[C@H]2COc3ccccc3O2)CC1. The highest BCUT2D eigenvalue weighted by molar-refractivity contribution is 6.30. The number of ether oxygens (including phenoxy) is 2. The van der Waals surface area contributed by atoms with Crippen molar-refractivity contribution in [2.75, 3.05) is 32.8 Å². The van der Waals surface area contributed by atoms with Crippen molar-refractivity contribution >= 4 is 29.1 Å². The summed E-state index contributed by atoms with van der Waals surface area (Å²) in [6.45, 7) is 1.92. The van der Waals surface area contributed by atoms with Crippen LogP contribution in [0.1, 0.15) is 10.5 Å². The van der Waals surface area contributed by atoms with Crippen LogP contribution in [0.3, 0.4) is 0 Å². The molecule has 1 aromatic carbocycles. The summed E-state index contributed by atoms with van der Waals surface area (Å²) in [6.07, 6.45) is 2.78. The van der Waals surface area contributed by atoms with Crippen molar-refractivity contribution in [1.82, 2.24) is 19.2 Å². The molecule has 2 aliphatic rings. The first-order valence-corrected chi connectivity index (χ1v) is 10.1. The Morgan fingerprint density at radius 1 is 1.03 bits per heavy atom. The van der Waals surface area contributed by atoms with Crippen molar-refractivity contribution < 1.29 is 19.1 Å². The molecule has 1 saturated heterocycles. The van der Waals surface area contributed by atoms with Gasteiger partial charge in [-0.25, -0.2) is 4.98 Å². The number of piperazine rings is 1. The monoisotopic (exact) mass is 426 g/mol. The third-order valence-electron chi connectivity index (χ3n) is 5.30. The number of hydrogen-bond donors (Lipinski definition) is 0. The number of benzene rings is 1. The lowest BCUT2D eigenvalue weighted by Gasteiger charge is -2.36. The van der Waals surface area contributed by atoms with Gasteiger partial charge in [0, 0.05) is 49.7 Å². The van der Waals surface area contributed by atoms with Gasteiger partial charge in [0.1, 0.15) is 17.9 Å². The summed E-state index contributed by atoms with van der Waals surface area (Å²) >= 11 is 5.99. The van der Waals surface area contributed by atoms with E-state index in [4.69, 9.17) is 21.1 Å². The molecule has 30 heavy (non-hydrogen) atoms. The second-order valence-corrected chi connectivity index (χ2v) is 7.65. The molecule has 0 saturated carbocycles. The molecule has 0 aliphatic carbocycles. The number of rotatable bonds is 2. The molecule has 154 valence electrons. The molecule has 2 amide bonds. The van der Waals surface area contributed by atoms with Crippen LogP contribution in [0.4, 0.5) is 0 Å². The summed E-state index contributed by atoms with van der Waals surface area (Å²) in [5.41, 5.74) is 0.979. The summed E-state index contributed by atoms with van der Waals surface area (Å²) < 4.78 is 13.2. The fourth-order valence-electron chi connectivity index (χ4n) is 3.70. The first-order valence-electron chi connectivity index (χ1n) is 9.69. The molecule has 5 rings (SSSR count). The van der Waals surface area contributed by atoms with Crippen LogP contribution in [-0.2, 0) is 4.79 Å². The summed E-state index contributed by atoms with van der Waals surface area (Å²) in [7, 11) is 0. The van der Waals surface area contributed by atoms with E-state index in [0.29, 0.717) is 54.0 Å². The second-order valence-electron chi connectivity index (χ2n) is 7.22. The maximum absolute atomic E-state index is 12.8. The van der Waals surface area contributed by atoms with E-state index in [0.717, 1.165) is 0 Å². The second kappa shape index (κ2) is 7.53. The largest absolute Gasteiger partial charge is 0.485 e. The van der Waals surface area contributed by atoms with Crippen LogP contribution in [0.25, 0.3) is 5.65 Å². The van der Waals surface area contributed by atoms with Crippen molar-refractivity contribution in [1.29, 1.82) is 0 Å². The predicted octanol–water partition coefficient (Wildman–Crippen LogP) is 2.11. The van der Waals surface area contributed by atoms with E-state index >= 15 is 0 Å². The van der Waals surface area contributed by atoms with Gasteiger partial charge in [0.2, 0.25) is 6.10 Å². The third kappa shape index (κ3) is 3.43. The maximum Gasteiger partial charge on any atom is 0.274 e. The number of pyridine rings is 1. The zero-order valence-corrected chi connectivity index (χ0v) is 16.8. The molecule has 1 fully saturated rings. The van der Waals surface area contributed by atoms with Crippen molar-refractivity contribution in [3.8, 4) is 11.5 Å². The normalized spacial score (nSPS) is 18.5. The summed E-state index contributed by atoms with van der Waals surface area (Å²) in [5, 5.41) is 0.566. The van der Waals surface area contributed by atoms with Crippen molar-refractivity contribution in [3.63, 3.8) is 0 Å². The molecule has 0 spiro atoms. The average molecular weight is 427 g/mol. The molecule has 8 nitrogen and oxygen atoms in total. The number of hydrogen-bond acceptors (Lipinski definition) is 5. The van der Waals surface area contributed by atoms with Gasteiger partial charge >= 0.3 is 0 Å². The highest BCUT2D eigenvalue weighted by atomic mass is 35.5. The van der Waals surface area contributed by atoms with Crippen LogP contribution >= 0.6 is 11.6 Å². The highest BCUT2D eigenvalue weighted by Crippen LogP contribution is 2.31. The summed E-state index contributed by atoms with van der Waals surface area (Å²) in [5.74, 6) is 0.931. The van der Waals surface area contributed by atoms with Gasteiger partial charge < -0.3 is 23.7 Å². The molecule has 2 aliphatic heterocycles. The van der Waals surface area contributed by atoms with Gasteiger partial charge in [0.05, 0.1) is 0 Å². The average Bonchev–Trinajstić information content (AvgIpc) is 3.21. The van der Waals surface area contributed by atoms with Gasteiger partial charge in [0.15, 0.2) is 11.5 Å². The molecular formula is C21H19ClN4O4. The van der Waals surface area contributed by atoms with Gasteiger partial charge in [-0.1, -0.05) is 23.7 Å². The predicted molar refractivity (Wildman–Crippen MR) is 109 cm³/mol. The standard InChI is InChI=1S/C21H19ClN4O4/c22-14-5-6-26-12-15(23-19(26)11-14)20(27)24-7-9-25(10-8-24)21(28)18-13-29-16-3-1-2-4-17(16)30-18/h1-6,11-12,18H,7-10,13H2/t18-/m1/s1. The zero-order valence-electron chi connectivity index (χ0n) is 16.0. The Morgan fingerprint density at radius 3 is 2.57 bits per heavy atom. The Hall–Kier alpha value is -3.26. The molecule has 0 N–H and O–H groups in total. The minimum atomic E-state index is -0.676. The van der Waals surface area contributed by atoms with Crippen LogP contribution in [-0.4, -0.2) is 69.9 Å². The maximum atomic E-state index is 12.8. The van der Waals surface area contributed by atoms with E-state index in [1.807, 2.05) is 18.2 Å². The highest BCUT2D eigenvalue weighted by Gasteiger charge is 2.33. The molecule has 1 atom stereocenters. The molecule has 4 heterocycles. The number of nitrogens with zero attached hydrogens (tertiary/aromatic N) is 4. The molecule has 3 aromatic rings. The molecule has 0 unspecified atom stereocenters. The lowest BCUT2D eigenvalue weighted by molar-refractivity contribution is -0.142. The smallest absolute Gasteiger partial charge is 0.274 e. The number of fused-ring (bicyclic) bond motifs is 2. The molecule has 0 radical (unpaired) electrons. The topological polar surface area (TPSA) is 76.4 Å². The Morgan fingerprint density at radius 2 is 1.77 bits per heavy atom. The third-order valence-corrected chi connectivity index (χ3v) is 5.54. The Balaban J connectivity index is 1.21. The minimum absolute atomic E-state index is 0.126. The fourth-order valence-corrected chi connectivity index (χ4v) is 3.85. The van der Waals surface area contributed by atoms with Crippen LogP contribution in [0.2, 0.25) is 5.02 Å². The van der Waals surface area contributed by atoms with Crippen LogP contribution < -0.4 is 9.47 Å². The van der Waals surface area contributed by atoms with Gasteiger partial charge in [-0.05, 0) is 18.2 Å². The van der Waals surface area contributed by atoms with E-state index in [-0.39, 0.29) is 18.4 Å². The van der Waals surface area contributed by atoms with Crippen LogP contribution in [0.5, 0.6) is 11.5 Å². The zero-order chi connectivity index (χ0) is 20.7. The van der Waals surface area contributed by atoms with Gasteiger partial charge in [-0.2, -0.15) is 0 Å². The summed E-state index contributed by atoms with van der Waals surface area (Å²) in [4.78, 5) is 33.5. The quantitative estimate of drug-likeness (QED) is 0.627. The van der Waals surface area contributed by atoms with Gasteiger partial charge in [0.25, 0.3) is 11.8 Å². The van der Waals surface area contributed by atoms with Crippen molar-refractivity contribution in [2.45, 2.75) is 6.10 Å². The Labute approximate surface area is 177 Å². The number of carbonyl (C=O) groups is 2. The Kier molecular flexibility index (Phi) is 4.71. The first kappa shape index (κ1) is 18.7. The number of imidazole rings is 1. The van der Waals surface area contributed by atoms with Gasteiger partial charge in [-0.15, -0.1) is 0 Å². The van der Waals surface area contributed by atoms with Crippen LogP contribution in [0.15, 0.2) is 48.8 Å². The molecule has 2 aromatic heterocycles. The van der Waals surface area contributed by atoms with Crippen molar-refractivity contribution in [2.24, 2.45) is 0 Å². The van der Waals surface area contributed by atoms with E-state index in [2.05, 4.69) is 4.98 Å². The van der Waals surface area contributed by atoms with E-state index in [9.17, 15) is 9.59 Å².